The van der Waals surface area contributed by atoms with Crippen LogP contribution in [0.4, 0.5) is 19.2 Å². The maximum absolute atomic E-state index is 14.4. The van der Waals surface area contributed by atoms with E-state index in [1.807, 2.05) is 163 Å². The molecule has 2 aliphatic rings. The summed E-state index contributed by atoms with van der Waals surface area (Å²) in [4.78, 5) is 184. The van der Waals surface area contributed by atoms with Crippen molar-refractivity contribution in [2.45, 2.75) is 285 Å². The Balaban J connectivity index is 0.000000460. The van der Waals surface area contributed by atoms with Crippen LogP contribution in [-0.2, 0) is 102 Å². The van der Waals surface area contributed by atoms with E-state index in [-0.39, 0.29) is 106 Å². The quantitative estimate of drug-likeness (QED) is 0.0112. The van der Waals surface area contributed by atoms with Crippen molar-refractivity contribution in [2.75, 3.05) is 53.5 Å². The van der Waals surface area contributed by atoms with E-state index in [1.165, 1.54) is 19.1 Å². The van der Waals surface area contributed by atoms with Crippen molar-refractivity contribution in [3.8, 4) is 0 Å². The number of ether oxygens (including phenoxy) is 6. The summed E-state index contributed by atoms with van der Waals surface area (Å²) in [7, 11) is 2.50. The van der Waals surface area contributed by atoms with Crippen molar-refractivity contribution in [2.24, 2.45) is 35.5 Å². The Labute approximate surface area is 750 Å². The highest BCUT2D eigenvalue weighted by molar-refractivity contribution is 5.96. The number of rotatable bonds is 42. The van der Waals surface area contributed by atoms with Gasteiger partial charge in [-0.05, 0) is 207 Å². The fourth-order valence-electron chi connectivity index (χ4n) is 14.4. The molecule has 2 aliphatic heterocycles. The van der Waals surface area contributed by atoms with Gasteiger partial charge in [0.05, 0.1) is 32.8 Å². The number of carboxylic acids is 1. The van der Waals surface area contributed by atoms with Gasteiger partial charge in [-0.15, -0.1) is 0 Å². The largest absolute Gasteiger partial charge is 0.480 e. The van der Waals surface area contributed by atoms with E-state index in [0.29, 0.717) is 77.4 Å². The van der Waals surface area contributed by atoms with Gasteiger partial charge in [-0.1, -0.05) is 163 Å². The van der Waals surface area contributed by atoms with Crippen LogP contribution in [0.5, 0.6) is 0 Å². The second kappa shape index (κ2) is 52.3. The van der Waals surface area contributed by atoms with Crippen LogP contribution in [0.3, 0.4) is 0 Å². The smallest absolute Gasteiger partial charge is 0.408 e. The molecule has 10 atom stereocenters. The summed E-state index contributed by atoms with van der Waals surface area (Å²) in [5.41, 5.74) is -1.62. The lowest BCUT2D eigenvalue weighted by atomic mass is 9.88. The van der Waals surface area contributed by atoms with Gasteiger partial charge in [0, 0.05) is 69.1 Å². The number of hydrogen-bond donors (Lipinski definition) is 10. The first kappa shape index (κ1) is 108. The summed E-state index contributed by atoms with van der Waals surface area (Å²) in [6.07, 6.45) is 1.93. The average molecular weight is 1770 g/mol. The van der Waals surface area contributed by atoms with Crippen LogP contribution in [0.1, 0.15) is 224 Å². The zero-order valence-corrected chi connectivity index (χ0v) is 78.4. The molecule has 0 aliphatic carbocycles. The Kier molecular flexibility index (Phi) is 44.7. The molecule has 0 spiro atoms. The Morgan fingerprint density at radius 1 is 0.417 bits per heavy atom. The second-order valence-corrected chi connectivity index (χ2v) is 37.8. The molecule has 0 radical (unpaired) electrons. The van der Waals surface area contributed by atoms with E-state index in [9.17, 15) is 72.2 Å². The molecule has 0 saturated carbocycles. The standard InChI is InChI=1S/C48H71N5O10.C37H53N3O7.C11H20N2O4/c1-32(2)27-36(30-39(54)38(29-35-21-15-12-16-22-35)51-40(55)33(3)28-34-19-13-11-14-20-34)41(56)50-37(23-17-18-25-49-44(59)62-46(4,5)6)42(57)53-26-24-48(31-53,43(58)61-10)52-45(60)63-47(7,8)9;1-25(2)21-29(34(43)39-30(35(44)45)19-13-14-20-38-36(46)47-37(4,5)6)24-32(41)31(23-28-17-11-8-12-18-28)40-33(42)26(3)22-27-15-9-7-10-16-27;1-10(2,3)17-9(15)13-11(8(14)16-4)5-6-12-7-11/h11-16,19-22,32-33,36-38H,17-18,23-31H2,1-10H3,(H,49,59)(H,50,56)(H,51,55)(H,52,60);7-12,15-18,25-26,29-31H,13-14,19-24H2,1-6H3,(H,38,46)(H,39,43)(H,40,42)(H,44,45);12H,5-7H2,1-4H3,(H,13,15)/t33-,36+,37-,38-,48?;26-,29+,30-,31-;/m11./s1. The predicted octanol–water partition coefficient (Wildman–Crippen LogP) is 12.0. The number of Topliss-reactive ketones (excluding diaryl/α,β-unsaturated/α-hetero) is 2. The van der Waals surface area contributed by atoms with E-state index in [2.05, 4.69) is 47.9 Å². The van der Waals surface area contributed by atoms with Crippen LogP contribution in [0.15, 0.2) is 121 Å². The molecule has 2 unspecified atom stereocenters. The summed E-state index contributed by atoms with van der Waals surface area (Å²) in [6, 6.07) is 34.0. The van der Waals surface area contributed by atoms with E-state index in [0.717, 1.165) is 22.3 Å². The molecular weight excluding hydrogens is 1630 g/mol. The molecule has 9 amide bonds. The lowest BCUT2D eigenvalue weighted by molar-refractivity contribution is -0.149. The summed E-state index contributed by atoms with van der Waals surface area (Å²) in [5, 5.41) is 35.0. The zero-order chi connectivity index (χ0) is 95.0. The van der Waals surface area contributed by atoms with Crippen molar-refractivity contribution in [1.29, 1.82) is 0 Å². The number of aliphatic carboxylic acids is 1. The number of likely N-dealkylation sites (tertiary alicyclic amines) is 1. The maximum atomic E-state index is 14.4. The van der Waals surface area contributed by atoms with Crippen LogP contribution in [0, 0.1) is 35.5 Å². The minimum absolute atomic E-state index is 0.00660. The zero-order valence-electron chi connectivity index (χ0n) is 78.4. The van der Waals surface area contributed by atoms with Crippen LogP contribution < -0.4 is 47.9 Å². The molecule has 6 rings (SSSR count). The first-order valence-electron chi connectivity index (χ1n) is 44.2. The van der Waals surface area contributed by atoms with Crippen molar-refractivity contribution in [3.05, 3.63) is 144 Å². The monoisotopic (exact) mass is 1770 g/mol. The van der Waals surface area contributed by atoms with Gasteiger partial charge >= 0.3 is 42.3 Å². The van der Waals surface area contributed by atoms with Gasteiger partial charge in [0.25, 0.3) is 0 Å². The van der Waals surface area contributed by atoms with E-state index < -0.39 is 135 Å². The number of carboxylic acid groups (broad SMARTS) is 1. The second-order valence-electron chi connectivity index (χ2n) is 37.8. The Hall–Kier alpha value is -11.0. The summed E-state index contributed by atoms with van der Waals surface area (Å²) >= 11 is 0. The summed E-state index contributed by atoms with van der Waals surface area (Å²) in [5.74, 6) is -7.36. The average Bonchev–Trinajstić information content (AvgIpc) is 1.65. The third-order valence-corrected chi connectivity index (χ3v) is 20.6. The minimum atomic E-state index is -1.60. The van der Waals surface area contributed by atoms with E-state index in [4.69, 9.17) is 28.4 Å². The van der Waals surface area contributed by atoms with Crippen LogP contribution in [0.2, 0.25) is 0 Å². The number of nitrogens with one attached hydrogen (secondary N) is 9. The molecule has 2 saturated heterocycles. The minimum Gasteiger partial charge on any atom is -0.480 e. The van der Waals surface area contributed by atoms with Gasteiger partial charge in [-0.25, -0.2) is 33.6 Å². The molecule has 10 N–H and O–H groups in total. The summed E-state index contributed by atoms with van der Waals surface area (Å²) < 4.78 is 30.9. The van der Waals surface area contributed by atoms with Gasteiger partial charge < -0.3 is 86.3 Å². The molecule has 31 nitrogen and oxygen atoms in total. The number of carbonyl (C=O) groups is 14. The number of methoxy groups -OCH3 is 2. The molecule has 4 aromatic carbocycles. The highest BCUT2D eigenvalue weighted by Crippen LogP contribution is 2.29. The molecule has 4 aromatic rings. The van der Waals surface area contributed by atoms with Crippen LogP contribution >= 0.6 is 0 Å². The fraction of sp³-hybridized carbons (Fsp3) is 0.604. The molecule has 0 aromatic heterocycles. The number of hydrogen-bond acceptors (Lipinski definition) is 21. The summed E-state index contributed by atoms with van der Waals surface area (Å²) in [6.45, 7) is 33.7. The number of amides is 9. The number of carbonyl (C=O) groups excluding carboxylic acids is 13. The van der Waals surface area contributed by atoms with Crippen LogP contribution in [-0.4, -0.2) is 205 Å². The number of ketones is 2. The van der Waals surface area contributed by atoms with Crippen molar-refractivity contribution in [1.82, 2.24) is 52.8 Å². The van der Waals surface area contributed by atoms with Gasteiger partial charge in [0.15, 0.2) is 22.6 Å². The van der Waals surface area contributed by atoms with Crippen molar-refractivity contribution in [3.63, 3.8) is 0 Å². The highest BCUT2D eigenvalue weighted by atomic mass is 16.6. The van der Waals surface area contributed by atoms with Crippen molar-refractivity contribution < 1.29 is 101 Å². The number of unbranched alkanes of at least 4 members (excludes halogenated alkanes) is 2. The molecule has 31 heteroatoms. The SMILES string of the molecule is CC(C)C[C@@H](CC(=O)[C@@H](Cc1ccccc1)NC(=O)[C@H](C)Cc1ccccc1)C(=O)N[C@H](CCCCNC(=O)OC(C)(C)C)C(=O)O.COC(=O)C1(NC(=O)OC(C)(C)C)CCN(C(=O)[C@@H](CCCCNC(=O)OC(C)(C)C)NC(=O)[C@H](CC(=O)[C@@H](Cc2ccccc2)NC(=O)[C@H](C)Cc2ccccc2)CC(C)C)C1.COC(=O)C1(NC(=O)OC(C)(C)C)CCNC1. The van der Waals surface area contributed by atoms with Crippen LogP contribution in [0.25, 0.3) is 0 Å². The molecule has 2 heterocycles. The Bertz CT molecular complexity index is 4180. The topological polar surface area (TPSA) is 426 Å². The van der Waals surface area contributed by atoms with Crippen molar-refractivity contribution >= 4 is 83.4 Å². The molecule has 704 valence electrons. The van der Waals surface area contributed by atoms with E-state index in [1.54, 1.807) is 83.1 Å². The Morgan fingerprint density at radius 2 is 0.748 bits per heavy atom. The third-order valence-electron chi connectivity index (χ3n) is 20.6. The number of benzene rings is 4. The first-order chi connectivity index (χ1) is 59.4. The number of esters is 2. The highest BCUT2D eigenvalue weighted by Gasteiger charge is 2.51. The number of alkyl carbamates (subject to hydrolysis) is 4. The lowest BCUT2D eigenvalue weighted by Gasteiger charge is -2.31. The van der Waals surface area contributed by atoms with Gasteiger partial charge in [-0.3, -0.25) is 33.6 Å². The normalized spacial score (nSPS) is 16.9. The molecular formula is C96H144N10O21. The fourth-order valence-corrected chi connectivity index (χ4v) is 14.4. The predicted molar refractivity (Wildman–Crippen MR) is 483 cm³/mol. The molecule has 2 fully saturated rings. The van der Waals surface area contributed by atoms with Gasteiger partial charge in [-0.2, -0.15) is 0 Å². The lowest BCUT2D eigenvalue weighted by Crippen LogP contribution is -2.59. The molecule has 127 heavy (non-hydrogen) atoms. The Morgan fingerprint density at radius 3 is 1.09 bits per heavy atom. The maximum Gasteiger partial charge on any atom is 0.408 e. The first-order valence-corrected chi connectivity index (χ1v) is 44.2. The van der Waals surface area contributed by atoms with Gasteiger partial charge in [0.2, 0.25) is 29.5 Å². The third kappa shape index (κ3) is 42.0. The van der Waals surface area contributed by atoms with Gasteiger partial charge in [0.1, 0.15) is 34.5 Å². The number of nitrogens with zero attached hydrogens (tertiary/aromatic N) is 1. The van der Waals surface area contributed by atoms with E-state index >= 15 is 0 Å². The molecule has 0 bridgehead atoms.